The molecule has 0 atom stereocenters. The normalized spacial score (nSPS) is 11.3. The summed E-state index contributed by atoms with van der Waals surface area (Å²) in [6, 6.07) is 6.59. The molecule has 2 aromatic carbocycles. The lowest BCUT2D eigenvalue weighted by Crippen LogP contribution is -2.17. The van der Waals surface area contributed by atoms with Crippen LogP contribution in [0.3, 0.4) is 0 Å². The smallest absolute Gasteiger partial charge is 0.262 e. The monoisotopic (exact) mass is 356 g/mol. The van der Waals surface area contributed by atoms with Gasteiger partial charge in [0, 0.05) is 16.1 Å². The molecule has 0 aliphatic carbocycles. The SMILES string of the molecule is Cc1c(F)cc(C(N)=O)cc1NS(=O)(=O)c1cccc(Cl)c1C. The van der Waals surface area contributed by atoms with Crippen LogP contribution in [0, 0.1) is 19.7 Å². The van der Waals surface area contributed by atoms with Crippen LogP contribution < -0.4 is 10.5 Å². The molecule has 3 N–H and O–H groups in total. The Hall–Kier alpha value is -2.12. The van der Waals surface area contributed by atoms with Gasteiger partial charge in [0.1, 0.15) is 5.82 Å². The van der Waals surface area contributed by atoms with Gasteiger partial charge < -0.3 is 5.73 Å². The van der Waals surface area contributed by atoms with Gasteiger partial charge in [-0.25, -0.2) is 12.8 Å². The number of rotatable bonds is 4. The van der Waals surface area contributed by atoms with E-state index in [1.54, 1.807) is 13.0 Å². The van der Waals surface area contributed by atoms with Crippen LogP contribution in [0.5, 0.6) is 0 Å². The Morgan fingerprint density at radius 2 is 1.87 bits per heavy atom. The van der Waals surface area contributed by atoms with Crippen molar-refractivity contribution in [3.8, 4) is 0 Å². The van der Waals surface area contributed by atoms with E-state index in [9.17, 15) is 17.6 Å². The number of anilines is 1. The number of benzene rings is 2. The number of carbonyl (C=O) groups is 1. The summed E-state index contributed by atoms with van der Waals surface area (Å²) < 4.78 is 41.2. The molecule has 0 saturated carbocycles. The fraction of sp³-hybridized carbons (Fsp3) is 0.133. The molecular formula is C15H14ClFN2O3S. The first-order valence-electron chi connectivity index (χ1n) is 6.51. The molecule has 0 fully saturated rings. The van der Waals surface area contributed by atoms with Gasteiger partial charge in [-0.1, -0.05) is 17.7 Å². The molecule has 0 radical (unpaired) electrons. The summed E-state index contributed by atoms with van der Waals surface area (Å²) >= 11 is 5.93. The van der Waals surface area contributed by atoms with Crippen LogP contribution in [-0.2, 0) is 10.0 Å². The van der Waals surface area contributed by atoms with Gasteiger partial charge in [-0.2, -0.15) is 0 Å². The minimum Gasteiger partial charge on any atom is -0.366 e. The zero-order chi connectivity index (χ0) is 17.4. The van der Waals surface area contributed by atoms with E-state index in [0.717, 1.165) is 6.07 Å². The predicted molar refractivity (Wildman–Crippen MR) is 86.7 cm³/mol. The standard InChI is InChI=1S/C15H14ClFN2O3S/c1-8-11(16)4-3-5-14(8)23(21,22)19-13-7-10(15(18)20)6-12(17)9(13)2/h3-7,19H,1-2H3,(H2,18,20). The van der Waals surface area contributed by atoms with Gasteiger partial charge in [-0.05, 0) is 43.7 Å². The summed E-state index contributed by atoms with van der Waals surface area (Å²) in [6.45, 7) is 2.95. The highest BCUT2D eigenvalue weighted by Gasteiger charge is 2.21. The van der Waals surface area contributed by atoms with Crippen LogP contribution in [0.4, 0.5) is 10.1 Å². The first kappa shape index (κ1) is 17.2. The average molecular weight is 357 g/mol. The van der Waals surface area contributed by atoms with E-state index in [4.69, 9.17) is 17.3 Å². The van der Waals surface area contributed by atoms with Crippen molar-refractivity contribution in [1.82, 2.24) is 0 Å². The highest BCUT2D eigenvalue weighted by molar-refractivity contribution is 7.92. The average Bonchev–Trinajstić information content (AvgIpc) is 2.45. The summed E-state index contributed by atoms with van der Waals surface area (Å²) in [5.74, 6) is -1.59. The third kappa shape index (κ3) is 3.46. The van der Waals surface area contributed by atoms with Crippen molar-refractivity contribution in [3.05, 3.63) is 57.9 Å². The van der Waals surface area contributed by atoms with Gasteiger partial charge >= 0.3 is 0 Å². The molecule has 0 spiro atoms. The van der Waals surface area contributed by atoms with E-state index >= 15 is 0 Å². The maximum Gasteiger partial charge on any atom is 0.262 e. The Labute approximate surface area is 138 Å². The minimum atomic E-state index is -4.00. The van der Waals surface area contributed by atoms with Crippen molar-refractivity contribution < 1.29 is 17.6 Å². The minimum absolute atomic E-state index is 0.0331. The lowest BCUT2D eigenvalue weighted by atomic mass is 10.1. The Bertz CT molecular complexity index is 898. The molecule has 8 heteroatoms. The molecule has 0 unspecified atom stereocenters. The Morgan fingerprint density at radius 3 is 2.48 bits per heavy atom. The van der Waals surface area contributed by atoms with Crippen LogP contribution in [0.15, 0.2) is 35.2 Å². The number of primary amides is 1. The third-order valence-corrected chi connectivity index (χ3v) is 5.30. The first-order chi connectivity index (χ1) is 10.6. The molecule has 23 heavy (non-hydrogen) atoms. The van der Waals surface area contributed by atoms with Crippen LogP contribution in [0.25, 0.3) is 0 Å². The molecular weight excluding hydrogens is 343 g/mol. The number of amides is 1. The maximum atomic E-state index is 13.9. The topological polar surface area (TPSA) is 89.3 Å². The number of hydrogen-bond donors (Lipinski definition) is 2. The molecule has 122 valence electrons. The molecule has 1 amide bonds. The van der Waals surface area contributed by atoms with Gasteiger partial charge in [-0.3, -0.25) is 9.52 Å². The Morgan fingerprint density at radius 1 is 1.22 bits per heavy atom. The second kappa shape index (κ2) is 6.17. The number of sulfonamides is 1. The lowest BCUT2D eigenvalue weighted by molar-refractivity contribution is 0.1000. The van der Waals surface area contributed by atoms with Gasteiger partial charge in [0.2, 0.25) is 5.91 Å². The van der Waals surface area contributed by atoms with Crippen LogP contribution in [0.2, 0.25) is 5.02 Å². The van der Waals surface area contributed by atoms with Crippen molar-refractivity contribution in [3.63, 3.8) is 0 Å². The molecule has 0 aromatic heterocycles. The Balaban J connectivity index is 2.53. The number of halogens is 2. The molecule has 5 nitrogen and oxygen atoms in total. The number of nitrogens with one attached hydrogen (secondary N) is 1. The van der Waals surface area contributed by atoms with Crippen molar-refractivity contribution in [2.45, 2.75) is 18.7 Å². The highest BCUT2D eigenvalue weighted by Crippen LogP contribution is 2.27. The van der Waals surface area contributed by atoms with E-state index < -0.39 is 21.7 Å². The molecule has 0 heterocycles. The summed E-state index contributed by atoms with van der Waals surface area (Å²) in [6.07, 6.45) is 0. The van der Waals surface area contributed by atoms with E-state index in [1.165, 1.54) is 25.1 Å². The van der Waals surface area contributed by atoms with Crippen LogP contribution in [0.1, 0.15) is 21.5 Å². The van der Waals surface area contributed by atoms with Gasteiger partial charge in [-0.15, -0.1) is 0 Å². The molecule has 0 aliphatic heterocycles. The summed E-state index contributed by atoms with van der Waals surface area (Å²) in [7, 11) is -4.00. The zero-order valence-electron chi connectivity index (χ0n) is 12.4. The Kier molecular flexibility index (Phi) is 4.63. The first-order valence-corrected chi connectivity index (χ1v) is 8.37. The lowest BCUT2D eigenvalue weighted by Gasteiger charge is -2.14. The molecule has 2 rings (SSSR count). The second-order valence-electron chi connectivity index (χ2n) is 4.96. The van der Waals surface area contributed by atoms with E-state index in [1.807, 2.05) is 0 Å². The van der Waals surface area contributed by atoms with Crippen molar-refractivity contribution >= 4 is 33.2 Å². The quantitative estimate of drug-likeness (QED) is 0.882. The largest absolute Gasteiger partial charge is 0.366 e. The predicted octanol–water partition coefficient (Wildman–Crippen LogP) is 3.00. The summed E-state index contributed by atoms with van der Waals surface area (Å²) in [4.78, 5) is 11.2. The molecule has 0 aliphatic rings. The summed E-state index contributed by atoms with van der Waals surface area (Å²) in [5, 5.41) is 0.293. The molecule has 0 bridgehead atoms. The number of hydrogen-bond acceptors (Lipinski definition) is 3. The number of nitrogens with two attached hydrogens (primary N) is 1. The fourth-order valence-corrected chi connectivity index (χ4v) is 3.62. The fourth-order valence-electron chi connectivity index (χ4n) is 2.01. The second-order valence-corrected chi connectivity index (χ2v) is 7.02. The van der Waals surface area contributed by atoms with Crippen LogP contribution >= 0.6 is 11.6 Å². The maximum absolute atomic E-state index is 13.9. The van der Waals surface area contributed by atoms with Gasteiger partial charge in [0.25, 0.3) is 10.0 Å². The van der Waals surface area contributed by atoms with Crippen LogP contribution in [-0.4, -0.2) is 14.3 Å². The number of carbonyl (C=O) groups excluding carboxylic acids is 1. The van der Waals surface area contributed by atoms with E-state index in [-0.39, 0.29) is 21.7 Å². The van der Waals surface area contributed by atoms with Gasteiger partial charge in [0.05, 0.1) is 10.6 Å². The highest BCUT2D eigenvalue weighted by atomic mass is 35.5. The summed E-state index contributed by atoms with van der Waals surface area (Å²) in [5.41, 5.74) is 5.35. The third-order valence-electron chi connectivity index (χ3n) is 3.38. The van der Waals surface area contributed by atoms with Crippen molar-refractivity contribution in [2.24, 2.45) is 5.73 Å². The van der Waals surface area contributed by atoms with Gasteiger partial charge in [0.15, 0.2) is 0 Å². The van der Waals surface area contributed by atoms with Crippen molar-refractivity contribution in [1.29, 1.82) is 0 Å². The van der Waals surface area contributed by atoms with Crippen molar-refractivity contribution in [2.75, 3.05) is 4.72 Å². The molecule has 0 saturated heterocycles. The van der Waals surface area contributed by atoms with E-state index in [2.05, 4.69) is 4.72 Å². The molecule has 2 aromatic rings. The zero-order valence-corrected chi connectivity index (χ0v) is 13.9. The van der Waals surface area contributed by atoms with E-state index in [0.29, 0.717) is 10.6 Å².